The van der Waals surface area contributed by atoms with E-state index in [-0.39, 0.29) is 0 Å². The fourth-order valence-electron chi connectivity index (χ4n) is 2.28. The molecule has 74 valence electrons. The van der Waals surface area contributed by atoms with Gasteiger partial charge in [-0.1, -0.05) is 6.42 Å². The van der Waals surface area contributed by atoms with Crippen LogP contribution in [0.15, 0.2) is 0 Å². The van der Waals surface area contributed by atoms with Gasteiger partial charge < -0.3 is 10.6 Å². The van der Waals surface area contributed by atoms with Crippen molar-refractivity contribution in [3.8, 4) is 12.3 Å². The Morgan fingerprint density at radius 2 is 2.31 bits per heavy atom. The monoisotopic (exact) mass is 180 g/mol. The highest BCUT2D eigenvalue weighted by Gasteiger charge is 2.28. The van der Waals surface area contributed by atoms with E-state index in [2.05, 4.69) is 17.9 Å². The lowest BCUT2D eigenvalue weighted by Gasteiger charge is -2.28. The van der Waals surface area contributed by atoms with E-state index in [9.17, 15) is 0 Å². The Balaban J connectivity index is 2.36. The summed E-state index contributed by atoms with van der Waals surface area (Å²) in [7, 11) is 2.16. The molecule has 2 unspecified atom stereocenters. The smallest absolute Gasteiger partial charge is 0.0214 e. The summed E-state index contributed by atoms with van der Waals surface area (Å²) in [6, 6.07) is 0.679. The summed E-state index contributed by atoms with van der Waals surface area (Å²) < 4.78 is 0. The van der Waals surface area contributed by atoms with Gasteiger partial charge in [0.15, 0.2) is 0 Å². The molecule has 1 saturated carbocycles. The first-order valence-electron chi connectivity index (χ1n) is 5.13. The molecule has 0 aromatic rings. The molecule has 0 saturated heterocycles. The van der Waals surface area contributed by atoms with Crippen LogP contribution in [0.25, 0.3) is 0 Å². The third-order valence-electron chi connectivity index (χ3n) is 3.10. The molecule has 2 atom stereocenters. The van der Waals surface area contributed by atoms with Gasteiger partial charge in [-0.3, -0.25) is 0 Å². The van der Waals surface area contributed by atoms with Crippen molar-refractivity contribution < 1.29 is 0 Å². The van der Waals surface area contributed by atoms with E-state index in [4.69, 9.17) is 12.2 Å². The van der Waals surface area contributed by atoms with Crippen LogP contribution < -0.4 is 5.73 Å². The second kappa shape index (κ2) is 5.26. The molecule has 1 aliphatic rings. The predicted octanol–water partition coefficient (Wildman–Crippen LogP) is 1.07. The minimum absolute atomic E-state index is 0.679. The number of nitrogens with two attached hydrogens (primary N) is 1. The summed E-state index contributed by atoms with van der Waals surface area (Å²) in [4.78, 5) is 2.38. The first-order valence-corrected chi connectivity index (χ1v) is 5.13. The fraction of sp³-hybridized carbons (Fsp3) is 0.818. The maximum Gasteiger partial charge on any atom is 0.0214 e. The second-order valence-electron chi connectivity index (χ2n) is 3.93. The SMILES string of the molecule is C#CCCN(C)C1CCCC1CN. The molecule has 0 aliphatic heterocycles. The van der Waals surface area contributed by atoms with Crippen LogP contribution in [0.4, 0.5) is 0 Å². The van der Waals surface area contributed by atoms with Crippen LogP contribution in [0.1, 0.15) is 25.7 Å². The van der Waals surface area contributed by atoms with Crippen molar-refractivity contribution >= 4 is 0 Å². The molecule has 0 spiro atoms. The summed E-state index contributed by atoms with van der Waals surface area (Å²) in [5.41, 5.74) is 5.72. The summed E-state index contributed by atoms with van der Waals surface area (Å²) in [5, 5.41) is 0. The van der Waals surface area contributed by atoms with Crippen molar-refractivity contribution in [2.75, 3.05) is 20.1 Å². The van der Waals surface area contributed by atoms with Gasteiger partial charge in [-0.15, -0.1) is 12.3 Å². The number of hydrogen-bond donors (Lipinski definition) is 1. The lowest BCUT2D eigenvalue weighted by atomic mass is 10.0. The van der Waals surface area contributed by atoms with E-state index in [1.54, 1.807) is 0 Å². The third kappa shape index (κ3) is 2.72. The van der Waals surface area contributed by atoms with E-state index in [1.807, 2.05) is 0 Å². The summed E-state index contributed by atoms with van der Waals surface area (Å²) in [6.45, 7) is 1.84. The molecule has 1 rings (SSSR count). The summed E-state index contributed by atoms with van der Waals surface area (Å²) in [5.74, 6) is 3.38. The average molecular weight is 180 g/mol. The van der Waals surface area contributed by atoms with E-state index < -0.39 is 0 Å². The Bertz CT molecular complexity index is 183. The van der Waals surface area contributed by atoms with Crippen LogP contribution in [-0.4, -0.2) is 31.1 Å². The lowest BCUT2D eigenvalue weighted by Crippen LogP contribution is -2.38. The van der Waals surface area contributed by atoms with Crippen molar-refractivity contribution in [2.45, 2.75) is 31.7 Å². The van der Waals surface area contributed by atoms with Crippen molar-refractivity contribution in [2.24, 2.45) is 11.7 Å². The van der Waals surface area contributed by atoms with Crippen LogP contribution in [-0.2, 0) is 0 Å². The molecule has 1 fully saturated rings. The minimum atomic E-state index is 0.679. The van der Waals surface area contributed by atoms with Gasteiger partial charge in [0.25, 0.3) is 0 Å². The maximum atomic E-state index is 5.72. The molecule has 2 heteroatoms. The Labute approximate surface area is 81.5 Å². The van der Waals surface area contributed by atoms with Gasteiger partial charge in [0, 0.05) is 19.0 Å². The van der Waals surface area contributed by atoms with Gasteiger partial charge >= 0.3 is 0 Å². The Morgan fingerprint density at radius 1 is 1.54 bits per heavy atom. The molecular weight excluding hydrogens is 160 g/mol. The zero-order valence-electron chi connectivity index (χ0n) is 8.50. The largest absolute Gasteiger partial charge is 0.330 e. The number of nitrogens with zero attached hydrogens (tertiary/aromatic N) is 1. The van der Waals surface area contributed by atoms with Gasteiger partial charge in [-0.05, 0) is 32.4 Å². The molecule has 0 amide bonds. The standard InChI is InChI=1S/C11H20N2/c1-3-4-8-13(2)11-7-5-6-10(11)9-12/h1,10-11H,4-9,12H2,2H3. The van der Waals surface area contributed by atoms with Gasteiger partial charge in [-0.25, -0.2) is 0 Å². The predicted molar refractivity (Wildman–Crippen MR) is 56.3 cm³/mol. The van der Waals surface area contributed by atoms with Crippen LogP contribution >= 0.6 is 0 Å². The molecule has 13 heavy (non-hydrogen) atoms. The minimum Gasteiger partial charge on any atom is -0.330 e. The van der Waals surface area contributed by atoms with E-state index >= 15 is 0 Å². The van der Waals surface area contributed by atoms with Crippen molar-refractivity contribution in [1.29, 1.82) is 0 Å². The molecule has 1 aliphatic carbocycles. The first kappa shape index (κ1) is 10.6. The fourth-order valence-corrected chi connectivity index (χ4v) is 2.28. The zero-order valence-corrected chi connectivity index (χ0v) is 8.50. The van der Waals surface area contributed by atoms with E-state index in [0.717, 1.165) is 19.5 Å². The highest BCUT2D eigenvalue weighted by atomic mass is 15.1. The van der Waals surface area contributed by atoms with Crippen LogP contribution in [0.2, 0.25) is 0 Å². The average Bonchev–Trinajstić information content (AvgIpc) is 2.61. The number of rotatable bonds is 4. The molecule has 0 bridgehead atoms. The first-order chi connectivity index (χ1) is 6.29. The quantitative estimate of drug-likeness (QED) is 0.656. The molecular formula is C11H20N2. The molecule has 2 N–H and O–H groups in total. The maximum absolute atomic E-state index is 5.72. The van der Waals surface area contributed by atoms with E-state index in [0.29, 0.717) is 12.0 Å². The van der Waals surface area contributed by atoms with Crippen LogP contribution in [0, 0.1) is 18.3 Å². The summed E-state index contributed by atoms with van der Waals surface area (Å²) >= 11 is 0. The van der Waals surface area contributed by atoms with Crippen molar-refractivity contribution in [3.63, 3.8) is 0 Å². The highest BCUT2D eigenvalue weighted by Crippen LogP contribution is 2.28. The van der Waals surface area contributed by atoms with Gasteiger partial charge in [-0.2, -0.15) is 0 Å². The van der Waals surface area contributed by atoms with Gasteiger partial charge in [0.05, 0.1) is 0 Å². The lowest BCUT2D eigenvalue weighted by molar-refractivity contribution is 0.204. The van der Waals surface area contributed by atoms with Crippen molar-refractivity contribution in [1.82, 2.24) is 4.90 Å². The van der Waals surface area contributed by atoms with E-state index in [1.165, 1.54) is 19.3 Å². The highest BCUT2D eigenvalue weighted by molar-refractivity contribution is 4.88. The molecule has 0 radical (unpaired) electrons. The summed E-state index contributed by atoms with van der Waals surface area (Å²) in [6.07, 6.45) is 10.0. The molecule has 0 aromatic heterocycles. The van der Waals surface area contributed by atoms with Crippen LogP contribution in [0.3, 0.4) is 0 Å². The molecule has 0 heterocycles. The molecule has 2 nitrogen and oxygen atoms in total. The Morgan fingerprint density at radius 3 is 2.92 bits per heavy atom. The Kier molecular flexibility index (Phi) is 4.27. The third-order valence-corrected chi connectivity index (χ3v) is 3.10. The van der Waals surface area contributed by atoms with Crippen molar-refractivity contribution in [3.05, 3.63) is 0 Å². The number of terminal acetylenes is 1. The van der Waals surface area contributed by atoms with Gasteiger partial charge in [0.2, 0.25) is 0 Å². The molecule has 0 aromatic carbocycles. The zero-order chi connectivity index (χ0) is 9.68. The van der Waals surface area contributed by atoms with Crippen LogP contribution in [0.5, 0.6) is 0 Å². The number of hydrogen-bond acceptors (Lipinski definition) is 2. The topological polar surface area (TPSA) is 29.3 Å². The second-order valence-corrected chi connectivity index (χ2v) is 3.93. The normalized spacial score (nSPS) is 27.8. The van der Waals surface area contributed by atoms with Gasteiger partial charge in [0.1, 0.15) is 0 Å². The Hall–Kier alpha value is -0.520.